The summed E-state index contributed by atoms with van der Waals surface area (Å²) >= 11 is 0. The summed E-state index contributed by atoms with van der Waals surface area (Å²) in [7, 11) is 0. The van der Waals surface area contributed by atoms with Crippen molar-refractivity contribution in [3.63, 3.8) is 0 Å². The third-order valence-corrected chi connectivity index (χ3v) is 2.77. The predicted octanol–water partition coefficient (Wildman–Crippen LogP) is 2.20. The van der Waals surface area contributed by atoms with Crippen LogP contribution in [-0.4, -0.2) is 17.7 Å². The lowest BCUT2D eigenvalue weighted by Crippen LogP contribution is -2.27. The molecular weight excluding hydrogens is 218 g/mol. The minimum Gasteiger partial charge on any atom is -0.494 e. The first-order chi connectivity index (χ1) is 8.10. The summed E-state index contributed by atoms with van der Waals surface area (Å²) in [4.78, 5) is 11.0. The summed E-state index contributed by atoms with van der Waals surface area (Å²) in [5.41, 5.74) is 6.78. The molecule has 0 spiro atoms. The van der Waals surface area contributed by atoms with E-state index in [9.17, 15) is 4.79 Å². The molecule has 0 radical (unpaired) electrons. The van der Waals surface area contributed by atoms with Crippen molar-refractivity contribution in [2.24, 2.45) is 11.7 Å². The first-order valence-electron chi connectivity index (χ1n) is 5.81. The fourth-order valence-electron chi connectivity index (χ4n) is 1.77. The van der Waals surface area contributed by atoms with Gasteiger partial charge in [0.25, 0.3) is 0 Å². The van der Waals surface area contributed by atoms with Crippen LogP contribution in [0.3, 0.4) is 0 Å². The van der Waals surface area contributed by atoms with Gasteiger partial charge in [0.2, 0.25) is 0 Å². The summed E-state index contributed by atoms with van der Waals surface area (Å²) in [6, 6.07) is 6.79. The second-order valence-electron chi connectivity index (χ2n) is 3.88. The summed E-state index contributed by atoms with van der Waals surface area (Å²) < 4.78 is 5.32. The minimum absolute atomic E-state index is 0.479. The van der Waals surface area contributed by atoms with Gasteiger partial charge in [-0.2, -0.15) is 0 Å². The zero-order chi connectivity index (χ0) is 12.8. The van der Waals surface area contributed by atoms with E-state index in [4.69, 9.17) is 15.6 Å². The molecule has 2 unspecified atom stereocenters. The molecule has 2 atom stereocenters. The number of carbonyl (C=O) groups is 1. The third kappa shape index (κ3) is 3.46. The Labute approximate surface area is 101 Å². The van der Waals surface area contributed by atoms with Crippen molar-refractivity contribution in [3.05, 3.63) is 29.8 Å². The van der Waals surface area contributed by atoms with Gasteiger partial charge in [-0.15, -0.1) is 0 Å². The highest BCUT2D eigenvalue weighted by molar-refractivity contribution is 5.71. The molecule has 0 bridgehead atoms. The van der Waals surface area contributed by atoms with Gasteiger partial charge in [0.1, 0.15) is 5.75 Å². The van der Waals surface area contributed by atoms with Crippen LogP contribution in [0.15, 0.2) is 24.3 Å². The summed E-state index contributed by atoms with van der Waals surface area (Å²) in [5.74, 6) is -0.631. The van der Waals surface area contributed by atoms with Gasteiger partial charge in [-0.05, 0) is 31.0 Å². The number of aliphatic carboxylic acids is 1. The second-order valence-corrected chi connectivity index (χ2v) is 3.88. The number of ether oxygens (including phenoxy) is 1. The maximum absolute atomic E-state index is 11.0. The standard InChI is InChI=1S/C13H19NO3/c1-3-11(13(15)16)12(14)9-5-7-10(8-6-9)17-4-2/h5-8,11-12H,3-4,14H2,1-2H3,(H,15,16). The lowest BCUT2D eigenvalue weighted by atomic mass is 9.92. The van der Waals surface area contributed by atoms with Crippen molar-refractivity contribution in [2.45, 2.75) is 26.3 Å². The highest BCUT2D eigenvalue weighted by Gasteiger charge is 2.24. The van der Waals surface area contributed by atoms with Crippen molar-refractivity contribution >= 4 is 5.97 Å². The molecular formula is C13H19NO3. The van der Waals surface area contributed by atoms with Crippen molar-refractivity contribution < 1.29 is 14.6 Å². The Morgan fingerprint density at radius 2 is 1.94 bits per heavy atom. The van der Waals surface area contributed by atoms with Gasteiger partial charge < -0.3 is 15.6 Å². The Kier molecular flexibility index (Phi) is 4.97. The van der Waals surface area contributed by atoms with Crippen LogP contribution in [-0.2, 0) is 4.79 Å². The molecule has 0 aliphatic heterocycles. The maximum Gasteiger partial charge on any atom is 0.308 e. The predicted molar refractivity (Wildman–Crippen MR) is 66.0 cm³/mol. The van der Waals surface area contributed by atoms with E-state index in [0.29, 0.717) is 13.0 Å². The lowest BCUT2D eigenvalue weighted by molar-refractivity contribution is -0.142. The molecule has 94 valence electrons. The Morgan fingerprint density at radius 1 is 1.35 bits per heavy atom. The average molecular weight is 237 g/mol. The van der Waals surface area contributed by atoms with Crippen LogP contribution in [0.2, 0.25) is 0 Å². The van der Waals surface area contributed by atoms with Crippen LogP contribution in [0.5, 0.6) is 5.75 Å². The zero-order valence-electron chi connectivity index (χ0n) is 10.2. The molecule has 17 heavy (non-hydrogen) atoms. The Morgan fingerprint density at radius 3 is 2.35 bits per heavy atom. The van der Waals surface area contributed by atoms with Crippen LogP contribution in [0, 0.1) is 5.92 Å². The Balaban J connectivity index is 2.81. The highest BCUT2D eigenvalue weighted by Crippen LogP contribution is 2.24. The van der Waals surface area contributed by atoms with E-state index in [0.717, 1.165) is 11.3 Å². The summed E-state index contributed by atoms with van der Waals surface area (Å²) in [6.07, 6.45) is 0.518. The molecule has 3 N–H and O–H groups in total. The molecule has 0 aromatic heterocycles. The van der Waals surface area contributed by atoms with Crippen molar-refractivity contribution in [1.82, 2.24) is 0 Å². The number of hydrogen-bond donors (Lipinski definition) is 2. The molecule has 0 amide bonds. The quantitative estimate of drug-likeness (QED) is 0.795. The van der Waals surface area contributed by atoms with E-state index >= 15 is 0 Å². The molecule has 4 nitrogen and oxygen atoms in total. The summed E-state index contributed by atoms with van der Waals surface area (Å²) in [5, 5.41) is 9.04. The van der Waals surface area contributed by atoms with Gasteiger partial charge in [-0.25, -0.2) is 0 Å². The zero-order valence-corrected chi connectivity index (χ0v) is 10.2. The smallest absolute Gasteiger partial charge is 0.308 e. The van der Waals surface area contributed by atoms with E-state index < -0.39 is 17.9 Å². The number of nitrogens with two attached hydrogens (primary N) is 1. The van der Waals surface area contributed by atoms with Crippen LogP contribution < -0.4 is 10.5 Å². The Hall–Kier alpha value is -1.55. The fraction of sp³-hybridized carbons (Fsp3) is 0.462. The second kappa shape index (κ2) is 6.25. The molecule has 4 heteroatoms. The third-order valence-electron chi connectivity index (χ3n) is 2.77. The SMILES string of the molecule is CCOc1ccc(C(N)C(CC)C(=O)O)cc1. The van der Waals surface area contributed by atoms with Gasteiger partial charge in [0.05, 0.1) is 12.5 Å². The molecule has 1 aromatic carbocycles. The van der Waals surface area contributed by atoms with Crippen LogP contribution in [0.25, 0.3) is 0 Å². The lowest BCUT2D eigenvalue weighted by Gasteiger charge is -2.19. The van der Waals surface area contributed by atoms with Crippen LogP contribution in [0.1, 0.15) is 31.9 Å². The van der Waals surface area contributed by atoms with Gasteiger partial charge >= 0.3 is 5.97 Å². The molecule has 0 fully saturated rings. The van der Waals surface area contributed by atoms with E-state index in [2.05, 4.69) is 0 Å². The molecule has 1 aromatic rings. The van der Waals surface area contributed by atoms with E-state index in [1.807, 2.05) is 38.1 Å². The highest BCUT2D eigenvalue weighted by atomic mass is 16.5. The van der Waals surface area contributed by atoms with Crippen LogP contribution in [0.4, 0.5) is 0 Å². The van der Waals surface area contributed by atoms with Crippen molar-refractivity contribution in [1.29, 1.82) is 0 Å². The normalized spacial score (nSPS) is 14.1. The monoisotopic (exact) mass is 237 g/mol. The number of hydrogen-bond acceptors (Lipinski definition) is 3. The van der Waals surface area contributed by atoms with Crippen molar-refractivity contribution in [3.8, 4) is 5.75 Å². The van der Waals surface area contributed by atoms with Gasteiger partial charge in [0.15, 0.2) is 0 Å². The molecule has 0 saturated carbocycles. The topological polar surface area (TPSA) is 72.5 Å². The number of carboxylic acid groups (broad SMARTS) is 1. The number of rotatable bonds is 6. The van der Waals surface area contributed by atoms with Crippen LogP contribution >= 0.6 is 0 Å². The molecule has 0 saturated heterocycles. The van der Waals surface area contributed by atoms with E-state index in [1.165, 1.54) is 0 Å². The minimum atomic E-state index is -0.853. The first kappa shape index (κ1) is 13.5. The first-order valence-corrected chi connectivity index (χ1v) is 5.81. The largest absolute Gasteiger partial charge is 0.494 e. The van der Waals surface area contributed by atoms with Gasteiger partial charge in [0, 0.05) is 6.04 Å². The van der Waals surface area contributed by atoms with Gasteiger partial charge in [-0.3, -0.25) is 4.79 Å². The van der Waals surface area contributed by atoms with Crippen molar-refractivity contribution in [2.75, 3.05) is 6.61 Å². The number of carboxylic acids is 1. The molecule has 0 heterocycles. The van der Waals surface area contributed by atoms with E-state index in [-0.39, 0.29) is 0 Å². The Bertz CT molecular complexity index is 361. The summed E-state index contributed by atoms with van der Waals surface area (Å²) in [6.45, 7) is 4.35. The number of benzene rings is 1. The fourth-order valence-corrected chi connectivity index (χ4v) is 1.77. The van der Waals surface area contributed by atoms with Gasteiger partial charge in [-0.1, -0.05) is 19.1 Å². The van der Waals surface area contributed by atoms with E-state index in [1.54, 1.807) is 0 Å². The molecule has 1 rings (SSSR count). The molecule has 0 aliphatic rings. The maximum atomic E-state index is 11.0. The average Bonchev–Trinajstić information content (AvgIpc) is 2.30. The molecule has 0 aliphatic carbocycles.